The summed E-state index contributed by atoms with van der Waals surface area (Å²) >= 11 is 1.20. The molecule has 1 amide bonds. The number of benzene rings is 2. The molecule has 9 heteroatoms. The van der Waals surface area contributed by atoms with Gasteiger partial charge in [-0.15, -0.1) is 11.3 Å². The van der Waals surface area contributed by atoms with Gasteiger partial charge >= 0.3 is 0 Å². The van der Waals surface area contributed by atoms with Crippen molar-refractivity contribution in [1.29, 1.82) is 0 Å². The Bertz CT molecular complexity index is 972. The average molecular weight is 372 g/mol. The van der Waals surface area contributed by atoms with E-state index in [1.807, 2.05) is 0 Å². The number of rotatable bonds is 5. The van der Waals surface area contributed by atoms with Crippen LogP contribution in [0.25, 0.3) is 11.3 Å². The summed E-state index contributed by atoms with van der Waals surface area (Å²) in [5.41, 5.74) is 1.73. The minimum absolute atomic E-state index is 0.139. The van der Waals surface area contributed by atoms with E-state index in [4.69, 9.17) is 0 Å². The van der Waals surface area contributed by atoms with Crippen LogP contribution in [0.2, 0.25) is 0 Å². The van der Waals surface area contributed by atoms with E-state index < -0.39 is 10.8 Å². The van der Waals surface area contributed by atoms with Crippen molar-refractivity contribution in [3.05, 3.63) is 69.3 Å². The van der Waals surface area contributed by atoms with Crippen LogP contribution in [0.15, 0.2) is 47.8 Å². The quantitative estimate of drug-likeness (QED) is 0.518. The molecular formula is C17H13FN4O3S. The van der Waals surface area contributed by atoms with Crippen LogP contribution in [-0.2, 0) is 0 Å². The lowest BCUT2D eigenvalue weighted by Gasteiger charge is -2.08. The summed E-state index contributed by atoms with van der Waals surface area (Å²) in [5, 5.41) is 18.5. The second-order valence-corrected chi connectivity index (χ2v) is 6.09. The molecule has 0 atom stereocenters. The third-order valence-electron chi connectivity index (χ3n) is 3.59. The lowest BCUT2D eigenvalue weighted by Crippen LogP contribution is -2.14. The molecule has 0 spiro atoms. The van der Waals surface area contributed by atoms with E-state index in [1.54, 1.807) is 24.6 Å². The van der Waals surface area contributed by atoms with Gasteiger partial charge in [-0.2, -0.15) is 0 Å². The van der Waals surface area contributed by atoms with Crippen molar-refractivity contribution in [3.63, 3.8) is 0 Å². The fourth-order valence-corrected chi connectivity index (χ4v) is 3.02. The van der Waals surface area contributed by atoms with Gasteiger partial charge in [0.15, 0.2) is 5.13 Å². The summed E-state index contributed by atoms with van der Waals surface area (Å²) < 4.78 is 13.0. The van der Waals surface area contributed by atoms with Crippen LogP contribution in [0.1, 0.15) is 10.4 Å². The Morgan fingerprint density at radius 3 is 2.62 bits per heavy atom. The number of nitro groups is 1. The van der Waals surface area contributed by atoms with Crippen LogP contribution in [0.3, 0.4) is 0 Å². The minimum atomic E-state index is -0.563. The largest absolute Gasteiger partial charge is 0.387 e. The third kappa shape index (κ3) is 3.67. The first-order valence-electron chi connectivity index (χ1n) is 7.47. The Labute approximate surface area is 151 Å². The van der Waals surface area contributed by atoms with Gasteiger partial charge < -0.3 is 5.32 Å². The van der Waals surface area contributed by atoms with Gasteiger partial charge in [-0.3, -0.25) is 20.2 Å². The molecule has 0 aliphatic rings. The Hall–Kier alpha value is -3.33. The Balaban J connectivity index is 1.83. The van der Waals surface area contributed by atoms with Crippen molar-refractivity contribution >= 4 is 33.8 Å². The normalized spacial score (nSPS) is 10.4. The molecule has 0 radical (unpaired) electrons. The van der Waals surface area contributed by atoms with Gasteiger partial charge in [0.05, 0.1) is 16.2 Å². The fraction of sp³-hybridized carbons (Fsp3) is 0.0588. The Morgan fingerprint density at radius 2 is 1.96 bits per heavy atom. The van der Waals surface area contributed by atoms with Crippen molar-refractivity contribution in [2.45, 2.75) is 0 Å². The lowest BCUT2D eigenvalue weighted by molar-refractivity contribution is -0.384. The Morgan fingerprint density at radius 1 is 1.23 bits per heavy atom. The molecule has 7 nitrogen and oxygen atoms in total. The molecule has 3 aromatic rings. The van der Waals surface area contributed by atoms with Gasteiger partial charge in [-0.05, 0) is 30.3 Å². The summed E-state index contributed by atoms with van der Waals surface area (Å²) in [6.45, 7) is 0. The van der Waals surface area contributed by atoms with E-state index in [0.29, 0.717) is 16.5 Å². The number of nitrogens with one attached hydrogen (secondary N) is 2. The number of aromatic nitrogens is 1. The number of non-ortho nitro benzene ring substituents is 1. The molecule has 0 unspecified atom stereocenters. The van der Waals surface area contributed by atoms with E-state index in [2.05, 4.69) is 15.6 Å². The summed E-state index contributed by atoms with van der Waals surface area (Å²) in [6.07, 6.45) is 0. The highest BCUT2D eigenvalue weighted by atomic mass is 32.1. The van der Waals surface area contributed by atoms with E-state index >= 15 is 0 Å². The van der Waals surface area contributed by atoms with Crippen LogP contribution in [0.5, 0.6) is 0 Å². The molecule has 1 heterocycles. The molecule has 2 N–H and O–H groups in total. The second-order valence-electron chi connectivity index (χ2n) is 5.24. The molecule has 1 aromatic heterocycles. The van der Waals surface area contributed by atoms with Crippen LogP contribution >= 0.6 is 11.3 Å². The molecule has 0 fully saturated rings. The SMILES string of the molecule is CNc1ccc([N+](=O)[O-])cc1C(=O)Nc1nc(-c2ccc(F)cc2)cs1. The number of anilines is 2. The molecule has 132 valence electrons. The first kappa shape index (κ1) is 17.5. The predicted octanol–water partition coefficient (Wildman–Crippen LogP) is 4.15. The van der Waals surface area contributed by atoms with Gasteiger partial charge in [0.1, 0.15) is 5.82 Å². The molecule has 0 saturated carbocycles. The number of thiazole rings is 1. The van der Waals surface area contributed by atoms with Crippen molar-refractivity contribution in [1.82, 2.24) is 4.98 Å². The standard InChI is InChI=1S/C17H13FN4O3S/c1-19-14-7-6-12(22(24)25)8-13(14)16(23)21-17-20-15(9-26-17)10-2-4-11(18)5-3-10/h2-9,19H,1H3,(H,20,21,23). The topological polar surface area (TPSA) is 97.2 Å². The first-order valence-corrected chi connectivity index (χ1v) is 8.35. The number of amides is 1. The monoisotopic (exact) mass is 372 g/mol. The maximum Gasteiger partial charge on any atom is 0.270 e. The third-order valence-corrected chi connectivity index (χ3v) is 4.35. The number of carbonyl (C=O) groups excluding carboxylic acids is 1. The first-order chi connectivity index (χ1) is 12.5. The number of nitrogens with zero attached hydrogens (tertiary/aromatic N) is 2. The average Bonchev–Trinajstić information content (AvgIpc) is 3.10. The van der Waals surface area contributed by atoms with Crippen molar-refractivity contribution in [2.24, 2.45) is 0 Å². The smallest absolute Gasteiger partial charge is 0.270 e. The number of hydrogen-bond acceptors (Lipinski definition) is 6. The van der Waals surface area contributed by atoms with E-state index in [9.17, 15) is 19.3 Å². The number of nitro benzene ring substituents is 1. The van der Waals surface area contributed by atoms with Gasteiger partial charge in [0, 0.05) is 35.8 Å². The van der Waals surface area contributed by atoms with Crippen molar-refractivity contribution in [3.8, 4) is 11.3 Å². The zero-order chi connectivity index (χ0) is 18.7. The summed E-state index contributed by atoms with van der Waals surface area (Å²) in [7, 11) is 1.62. The number of carbonyl (C=O) groups is 1. The van der Waals surface area contributed by atoms with Gasteiger partial charge in [0.25, 0.3) is 11.6 Å². The lowest BCUT2D eigenvalue weighted by atomic mass is 10.1. The van der Waals surface area contributed by atoms with E-state index in [0.717, 1.165) is 5.56 Å². The molecule has 0 bridgehead atoms. The van der Waals surface area contributed by atoms with Crippen LogP contribution in [-0.4, -0.2) is 22.9 Å². The fourth-order valence-electron chi connectivity index (χ4n) is 2.30. The molecule has 0 aliphatic heterocycles. The molecule has 26 heavy (non-hydrogen) atoms. The summed E-state index contributed by atoms with van der Waals surface area (Å²) in [4.78, 5) is 27.2. The summed E-state index contributed by atoms with van der Waals surface area (Å²) in [5.74, 6) is -0.860. The maximum absolute atomic E-state index is 13.0. The second kappa shape index (κ2) is 7.28. The highest BCUT2D eigenvalue weighted by molar-refractivity contribution is 7.14. The van der Waals surface area contributed by atoms with E-state index in [-0.39, 0.29) is 17.1 Å². The van der Waals surface area contributed by atoms with Crippen LogP contribution in [0, 0.1) is 15.9 Å². The maximum atomic E-state index is 13.0. The van der Waals surface area contributed by atoms with E-state index in [1.165, 1.54) is 41.7 Å². The highest BCUT2D eigenvalue weighted by Gasteiger charge is 2.17. The van der Waals surface area contributed by atoms with Crippen LogP contribution in [0.4, 0.5) is 20.9 Å². The molecule has 3 rings (SSSR count). The highest BCUT2D eigenvalue weighted by Crippen LogP contribution is 2.27. The number of hydrogen-bond donors (Lipinski definition) is 2. The molecule has 0 aliphatic carbocycles. The molecule has 2 aromatic carbocycles. The molecular weight excluding hydrogens is 359 g/mol. The minimum Gasteiger partial charge on any atom is -0.387 e. The van der Waals surface area contributed by atoms with Gasteiger partial charge in [-0.1, -0.05) is 0 Å². The van der Waals surface area contributed by atoms with Gasteiger partial charge in [0.2, 0.25) is 0 Å². The zero-order valence-corrected chi connectivity index (χ0v) is 14.3. The van der Waals surface area contributed by atoms with Gasteiger partial charge in [-0.25, -0.2) is 9.37 Å². The van der Waals surface area contributed by atoms with Crippen molar-refractivity contribution < 1.29 is 14.1 Å². The Kier molecular flexibility index (Phi) is 4.90. The van der Waals surface area contributed by atoms with Crippen LogP contribution < -0.4 is 10.6 Å². The summed E-state index contributed by atoms with van der Waals surface area (Å²) in [6, 6.07) is 9.84. The van der Waals surface area contributed by atoms with Crippen molar-refractivity contribution in [2.75, 3.05) is 17.7 Å². The zero-order valence-electron chi connectivity index (χ0n) is 13.5. The number of halogens is 1. The predicted molar refractivity (Wildman–Crippen MR) is 98.1 cm³/mol. The molecule has 0 saturated heterocycles.